The van der Waals surface area contributed by atoms with Gasteiger partial charge in [-0.15, -0.1) is 0 Å². The van der Waals surface area contributed by atoms with Crippen LogP contribution >= 0.6 is 0 Å². The molecule has 4 rings (SSSR count). The lowest BCUT2D eigenvalue weighted by molar-refractivity contribution is -0.161. The first kappa shape index (κ1) is 26.6. The molecule has 0 spiro atoms. The molecule has 1 heterocycles. The highest BCUT2D eigenvalue weighted by molar-refractivity contribution is 7.88. The number of aliphatic hydroxyl groups is 1. The van der Waals surface area contributed by atoms with Crippen molar-refractivity contribution in [1.82, 2.24) is 14.5 Å². The molecule has 10 nitrogen and oxygen atoms in total. The lowest BCUT2D eigenvalue weighted by Crippen LogP contribution is -2.67. The summed E-state index contributed by atoms with van der Waals surface area (Å²) in [7, 11) is -3.38. The van der Waals surface area contributed by atoms with Crippen molar-refractivity contribution in [3.05, 3.63) is 77.9 Å². The summed E-state index contributed by atoms with van der Waals surface area (Å²) in [5, 5.41) is 15.7. The second kappa shape index (κ2) is 10.9. The van der Waals surface area contributed by atoms with E-state index in [-0.39, 0.29) is 26.2 Å². The fourth-order valence-electron chi connectivity index (χ4n) is 4.33. The zero-order chi connectivity index (χ0) is 26.6. The third-order valence-corrected chi connectivity index (χ3v) is 7.81. The summed E-state index contributed by atoms with van der Waals surface area (Å²) in [6.45, 7) is 0.298. The Balaban J connectivity index is 1.35. The number of rotatable bonds is 9. The second-order valence-electron chi connectivity index (χ2n) is 8.96. The molecule has 3 aromatic carbocycles. The Bertz CT molecular complexity index is 1380. The van der Waals surface area contributed by atoms with E-state index in [0.29, 0.717) is 17.9 Å². The molecule has 0 aromatic heterocycles. The number of ether oxygens (including phenoxy) is 1. The maximum Gasteiger partial charge on any atom is 0.266 e. The molecule has 11 heteroatoms. The molecule has 1 aliphatic heterocycles. The Kier molecular flexibility index (Phi) is 7.79. The number of hydrogen-bond donors (Lipinski definition) is 3. The monoisotopic (exact) mass is 526 g/mol. The maximum atomic E-state index is 12.7. The van der Waals surface area contributed by atoms with Crippen molar-refractivity contribution < 1.29 is 27.9 Å². The summed E-state index contributed by atoms with van der Waals surface area (Å²) in [6.07, 6.45) is 1.10. The Morgan fingerprint density at radius 2 is 1.65 bits per heavy atom. The van der Waals surface area contributed by atoms with E-state index in [2.05, 4.69) is 5.32 Å². The third kappa shape index (κ3) is 6.08. The fourth-order valence-corrected chi connectivity index (χ4v) is 5.16. The van der Waals surface area contributed by atoms with Crippen molar-refractivity contribution in [3.8, 4) is 5.75 Å². The quantitative estimate of drug-likeness (QED) is 0.376. The van der Waals surface area contributed by atoms with Crippen LogP contribution in [-0.2, 0) is 21.4 Å². The minimum atomic E-state index is -3.38. The number of nitrogens with two attached hydrogens (primary N) is 1. The van der Waals surface area contributed by atoms with Gasteiger partial charge in [0.1, 0.15) is 12.4 Å². The SMILES string of the molecule is CS(=O)(=O)N1CCN([C@](O)(CNC(=O)c2ccc(OCc3cccc4ccccc34)cc2)C(N)=O)CC1. The number of hydrogen-bond acceptors (Lipinski definition) is 7. The molecular formula is C26H30N4O6S. The van der Waals surface area contributed by atoms with Gasteiger partial charge < -0.3 is 20.9 Å². The highest BCUT2D eigenvalue weighted by Crippen LogP contribution is 2.21. The van der Waals surface area contributed by atoms with Crippen molar-refractivity contribution >= 4 is 32.6 Å². The summed E-state index contributed by atoms with van der Waals surface area (Å²) in [4.78, 5) is 26.2. The molecule has 0 radical (unpaired) electrons. The lowest BCUT2D eigenvalue weighted by Gasteiger charge is -2.41. The molecule has 0 unspecified atom stereocenters. The van der Waals surface area contributed by atoms with E-state index in [1.54, 1.807) is 24.3 Å². The molecular weight excluding hydrogens is 496 g/mol. The highest BCUT2D eigenvalue weighted by atomic mass is 32.2. The van der Waals surface area contributed by atoms with Gasteiger partial charge in [-0.05, 0) is 40.6 Å². The van der Waals surface area contributed by atoms with Crippen LogP contribution in [0.2, 0.25) is 0 Å². The summed E-state index contributed by atoms with van der Waals surface area (Å²) >= 11 is 0. The lowest BCUT2D eigenvalue weighted by atomic mass is 10.1. The predicted octanol–water partition coefficient (Wildman–Crippen LogP) is 0.900. The molecule has 0 aliphatic carbocycles. The van der Waals surface area contributed by atoms with Gasteiger partial charge in [-0.25, -0.2) is 8.42 Å². The number of benzene rings is 3. The van der Waals surface area contributed by atoms with Gasteiger partial charge in [-0.3, -0.25) is 14.5 Å². The Morgan fingerprint density at radius 3 is 2.30 bits per heavy atom. The van der Waals surface area contributed by atoms with E-state index < -0.39 is 34.1 Å². The number of piperazine rings is 1. The molecule has 0 bridgehead atoms. The number of nitrogens with zero attached hydrogens (tertiary/aromatic N) is 2. The number of sulfonamides is 1. The summed E-state index contributed by atoms with van der Waals surface area (Å²) in [6, 6.07) is 20.6. The van der Waals surface area contributed by atoms with Crippen LogP contribution in [0.1, 0.15) is 15.9 Å². The van der Waals surface area contributed by atoms with Crippen LogP contribution in [0.5, 0.6) is 5.75 Å². The Hall–Kier alpha value is -3.51. The molecule has 2 amide bonds. The maximum absolute atomic E-state index is 12.7. The van der Waals surface area contributed by atoms with Gasteiger partial charge in [0.2, 0.25) is 15.7 Å². The Morgan fingerprint density at radius 1 is 1.00 bits per heavy atom. The molecule has 4 N–H and O–H groups in total. The second-order valence-corrected chi connectivity index (χ2v) is 10.9. The van der Waals surface area contributed by atoms with Gasteiger partial charge in [0, 0.05) is 31.7 Å². The van der Waals surface area contributed by atoms with Crippen LogP contribution in [-0.4, -0.2) is 79.2 Å². The Labute approximate surface area is 215 Å². The van der Waals surface area contributed by atoms with Crippen LogP contribution in [0.25, 0.3) is 10.8 Å². The largest absolute Gasteiger partial charge is 0.489 e. The summed E-state index contributed by atoms with van der Waals surface area (Å²) < 4.78 is 30.6. The van der Waals surface area contributed by atoms with Crippen molar-refractivity contribution in [2.24, 2.45) is 5.73 Å². The number of carbonyl (C=O) groups is 2. The zero-order valence-electron chi connectivity index (χ0n) is 20.5. The van der Waals surface area contributed by atoms with Gasteiger partial charge in [0.05, 0.1) is 12.8 Å². The molecule has 37 heavy (non-hydrogen) atoms. The normalized spacial score (nSPS) is 16.7. The number of primary amides is 1. The van der Waals surface area contributed by atoms with E-state index in [1.165, 1.54) is 9.21 Å². The van der Waals surface area contributed by atoms with Crippen LogP contribution in [0.15, 0.2) is 66.7 Å². The fraction of sp³-hybridized carbons (Fsp3) is 0.308. The van der Waals surface area contributed by atoms with E-state index in [1.807, 2.05) is 42.5 Å². The molecule has 1 fully saturated rings. The van der Waals surface area contributed by atoms with Crippen molar-refractivity contribution in [2.45, 2.75) is 12.3 Å². The average molecular weight is 527 g/mol. The van der Waals surface area contributed by atoms with E-state index >= 15 is 0 Å². The predicted molar refractivity (Wildman–Crippen MR) is 139 cm³/mol. The summed E-state index contributed by atoms with van der Waals surface area (Å²) in [5.41, 5.74) is 4.66. The van der Waals surface area contributed by atoms with Gasteiger partial charge in [0.15, 0.2) is 0 Å². The van der Waals surface area contributed by atoms with Crippen LogP contribution < -0.4 is 15.8 Å². The van der Waals surface area contributed by atoms with Crippen molar-refractivity contribution in [2.75, 3.05) is 39.0 Å². The molecule has 196 valence electrons. The number of amides is 2. The van der Waals surface area contributed by atoms with E-state index in [9.17, 15) is 23.1 Å². The first-order valence-corrected chi connectivity index (χ1v) is 13.6. The first-order valence-electron chi connectivity index (χ1n) is 11.8. The molecule has 1 saturated heterocycles. The number of nitrogens with one attached hydrogen (secondary N) is 1. The van der Waals surface area contributed by atoms with Gasteiger partial charge in [0.25, 0.3) is 11.8 Å². The van der Waals surface area contributed by atoms with Crippen LogP contribution in [0, 0.1) is 0 Å². The zero-order valence-corrected chi connectivity index (χ0v) is 21.3. The highest BCUT2D eigenvalue weighted by Gasteiger charge is 2.43. The molecule has 1 atom stereocenters. The van der Waals surface area contributed by atoms with E-state index in [0.717, 1.165) is 22.6 Å². The average Bonchev–Trinajstić information content (AvgIpc) is 2.90. The molecule has 3 aromatic rings. The van der Waals surface area contributed by atoms with Crippen molar-refractivity contribution in [3.63, 3.8) is 0 Å². The van der Waals surface area contributed by atoms with Gasteiger partial charge in [-0.1, -0.05) is 42.5 Å². The molecule has 1 aliphatic rings. The minimum absolute atomic E-state index is 0.0884. The topological polar surface area (TPSA) is 142 Å². The number of fused-ring (bicyclic) bond motifs is 1. The summed E-state index contributed by atoms with van der Waals surface area (Å²) in [5.74, 6) is -0.949. The van der Waals surface area contributed by atoms with Crippen LogP contribution in [0.3, 0.4) is 0 Å². The standard InChI is InChI=1S/C26H30N4O6S/c1-37(34,35)30-15-13-29(14-16-30)26(33,25(27)32)18-28-24(31)20-9-11-22(12-10-20)36-17-21-7-4-6-19-5-2-3-8-23(19)21/h2-12,33H,13-18H2,1H3,(H2,27,32)(H,28,31)/t26-/m0/s1. The van der Waals surface area contributed by atoms with Crippen LogP contribution in [0.4, 0.5) is 0 Å². The number of carbonyl (C=O) groups excluding carboxylic acids is 2. The van der Waals surface area contributed by atoms with Gasteiger partial charge >= 0.3 is 0 Å². The minimum Gasteiger partial charge on any atom is -0.489 e. The van der Waals surface area contributed by atoms with Crippen molar-refractivity contribution in [1.29, 1.82) is 0 Å². The van der Waals surface area contributed by atoms with E-state index in [4.69, 9.17) is 10.5 Å². The first-order chi connectivity index (χ1) is 17.6. The van der Waals surface area contributed by atoms with Gasteiger partial charge in [-0.2, -0.15) is 4.31 Å². The molecule has 0 saturated carbocycles. The third-order valence-electron chi connectivity index (χ3n) is 6.51. The smallest absolute Gasteiger partial charge is 0.266 e.